The number of halogens is 2. The highest BCUT2D eigenvalue weighted by Crippen LogP contribution is 2.35. The Morgan fingerprint density at radius 1 is 1.24 bits per heavy atom. The Labute approximate surface area is 144 Å². The van der Waals surface area contributed by atoms with Crippen LogP contribution in [0, 0.1) is 0 Å². The molecule has 2 aliphatic rings. The zero-order valence-corrected chi connectivity index (χ0v) is 13.9. The van der Waals surface area contributed by atoms with Crippen LogP contribution in [0.1, 0.15) is 43.7 Å². The van der Waals surface area contributed by atoms with Crippen LogP contribution in [0.2, 0.25) is 0 Å². The van der Waals surface area contributed by atoms with E-state index in [0.717, 1.165) is 18.5 Å². The lowest BCUT2D eigenvalue weighted by Crippen LogP contribution is -2.42. The van der Waals surface area contributed by atoms with Gasteiger partial charge in [-0.3, -0.25) is 4.98 Å². The Bertz CT molecular complexity index is 708. The summed E-state index contributed by atoms with van der Waals surface area (Å²) in [5, 5.41) is 6.93. The fourth-order valence-corrected chi connectivity index (χ4v) is 3.78. The lowest BCUT2D eigenvalue weighted by Gasteiger charge is -2.36. The third-order valence-corrected chi connectivity index (χ3v) is 5.22. The van der Waals surface area contributed by atoms with Gasteiger partial charge in [0.05, 0.1) is 24.0 Å². The molecule has 1 unspecified atom stereocenters. The van der Waals surface area contributed by atoms with Crippen LogP contribution < -0.4 is 0 Å². The van der Waals surface area contributed by atoms with Crippen LogP contribution in [0.4, 0.5) is 8.78 Å². The molecule has 2 aliphatic heterocycles. The fraction of sp³-hybridized carbons (Fsp3) is 0.588. The van der Waals surface area contributed by atoms with Gasteiger partial charge in [-0.15, -0.1) is 10.2 Å². The topological polar surface area (TPSA) is 64.3 Å². The second-order valence-electron chi connectivity index (χ2n) is 6.74. The molecule has 0 spiro atoms. The number of pyridine rings is 1. The van der Waals surface area contributed by atoms with E-state index >= 15 is 0 Å². The second-order valence-corrected chi connectivity index (χ2v) is 6.74. The minimum absolute atomic E-state index is 0.0437. The third-order valence-electron chi connectivity index (χ3n) is 5.22. The van der Waals surface area contributed by atoms with Crippen LogP contribution in [0.3, 0.4) is 0 Å². The number of nitrogens with zero attached hydrogens (tertiary/aromatic N) is 4. The number of fused-ring (bicyclic) bond motifs is 2. The predicted molar refractivity (Wildman–Crippen MR) is 84.9 cm³/mol. The molecule has 2 aromatic heterocycles. The summed E-state index contributed by atoms with van der Waals surface area (Å²) >= 11 is 0. The Kier molecular flexibility index (Phi) is 4.47. The van der Waals surface area contributed by atoms with E-state index in [2.05, 4.69) is 27.1 Å². The van der Waals surface area contributed by atoms with E-state index in [9.17, 15) is 8.78 Å². The van der Waals surface area contributed by atoms with E-state index in [-0.39, 0.29) is 12.0 Å². The standard InChI is InChI=1S/C17H20F2N4O2/c1-23-12-4-5-13(23)7-14(6-12)24-9-11-3-2-10(8-20-11)16-21-22-17(25-16)15(18)19/h2-3,8,12-15H,4-7,9H2,1H3/t12-,13+,14?. The number of piperidine rings is 1. The Balaban J connectivity index is 1.34. The number of hydrogen-bond acceptors (Lipinski definition) is 6. The quantitative estimate of drug-likeness (QED) is 0.825. The SMILES string of the molecule is CN1[C@@H]2CC[C@H]1CC(OCc1ccc(-c3nnc(C(F)F)o3)cn1)C2. The van der Waals surface area contributed by atoms with E-state index in [1.54, 1.807) is 18.3 Å². The summed E-state index contributed by atoms with van der Waals surface area (Å²) in [6.45, 7) is 0.445. The Morgan fingerprint density at radius 2 is 2.00 bits per heavy atom. The van der Waals surface area contributed by atoms with Gasteiger partial charge in [-0.05, 0) is 44.9 Å². The van der Waals surface area contributed by atoms with Gasteiger partial charge in [-0.25, -0.2) is 0 Å². The summed E-state index contributed by atoms with van der Waals surface area (Å²) in [5.41, 5.74) is 1.31. The molecule has 2 fully saturated rings. The van der Waals surface area contributed by atoms with Crippen molar-refractivity contribution in [1.82, 2.24) is 20.1 Å². The second kappa shape index (κ2) is 6.76. The first-order valence-electron chi connectivity index (χ1n) is 8.50. The molecule has 8 heteroatoms. The molecule has 134 valence electrons. The molecule has 0 saturated carbocycles. The molecule has 4 heterocycles. The highest BCUT2D eigenvalue weighted by molar-refractivity contribution is 5.50. The largest absolute Gasteiger partial charge is 0.415 e. The van der Waals surface area contributed by atoms with Gasteiger partial charge < -0.3 is 14.1 Å². The molecule has 0 aliphatic carbocycles. The Morgan fingerprint density at radius 3 is 2.60 bits per heavy atom. The monoisotopic (exact) mass is 350 g/mol. The van der Waals surface area contributed by atoms with E-state index in [0.29, 0.717) is 24.3 Å². The lowest BCUT2D eigenvalue weighted by atomic mass is 10.0. The van der Waals surface area contributed by atoms with Gasteiger partial charge in [0, 0.05) is 18.3 Å². The van der Waals surface area contributed by atoms with Crippen molar-refractivity contribution in [2.24, 2.45) is 0 Å². The van der Waals surface area contributed by atoms with Gasteiger partial charge in [-0.2, -0.15) is 8.78 Å². The van der Waals surface area contributed by atoms with Crippen molar-refractivity contribution in [3.05, 3.63) is 29.9 Å². The molecule has 0 N–H and O–H groups in total. The minimum Gasteiger partial charge on any atom is -0.415 e. The van der Waals surface area contributed by atoms with Crippen molar-refractivity contribution >= 4 is 0 Å². The number of rotatable bonds is 5. The zero-order valence-electron chi connectivity index (χ0n) is 13.9. The van der Waals surface area contributed by atoms with Gasteiger partial charge in [0.15, 0.2) is 0 Å². The molecule has 0 amide bonds. The molecular formula is C17H20F2N4O2. The summed E-state index contributed by atoms with van der Waals surface area (Å²) in [4.78, 5) is 6.79. The summed E-state index contributed by atoms with van der Waals surface area (Å²) in [6, 6.07) is 4.80. The Hall–Kier alpha value is -1.93. The highest BCUT2D eigenvalue weighted by Gasteiger charge is 2.38. The highest BCUT2D eigenvalue weighted by atomic mass is 19.3. The fourth-order valence-electron chi connectivity index (χ4n) is 3.78. The first kappa shape index (κ1) is 16.5. The maximum absolute atomic E-state index is 12.5. The normalized spacial score (nSPS) is 26.5. The molecule has 2 bridgehead atoms. The maximum Gasteiger partial charge on any atom is 0.314 e. The molecule has 4 rings (SSSR count). The average molecular weight is 350 g/mol. The maximum atomic E-state index is 12.5. The molecular weight excluding hydrogens is 330 g/mol. The number of ether oxygens (including phenoxy) is 1. The van der Waals surface area contributed by atoms with Crippen molar-refractivity contribution in [2.45, 2.75) is 56.9 Å². The molecule has 25 heavy (non-hydrogen) atoms. The average Bonchev–Trinajstić information content (AvgIpc) is 3.16. The van der Waals surface area contributed by atoms with Gasteiger partial charge in [-0.1, -0.05) is 0 Å². The van der Waals surface area contributed by atoms with Crippen molar-refractivity contribution in [2.75, 3.05) is 7.05 Å². The summed E-state index contributed by atoms with van der Waals surface area (Å²) in [5.74, 6) is -0.638. The smallest absolute Gasteiger partial charge is 0.314 e. The van der Waals surface area contributed by atoms with Gasteiger partial charge >= 0.3 is 6.43 Å². The van der Waals surface area contributed by atoms with Gasteiger partial charge in [0.2, 0.25) is 5.89 Å². The van der Waals surface area contributed by atoms with Crippen LogP contribution in [-0.2, 0) is 11.3 Å². The van der Waals surface area contributed by atoms with Crippen LogP contribution in [-0.4, -0.2) is 45.3 Å². The molecule has 3 atom stereocenters. The van der Waals surface area contributed by atoms with Gasteiger partial charge in [0.25, 0.3) is 5.89 Å². The zero-order chi connectivity index (χ0) is 17.4. The van der Waals surface area contributed by atoms with Crippen molar-refractivity contribution in [3.63, 3.8) is 0 Å². The molecule has 2 saturated heterocycles. The van der Waals surface area contributed by atoms with Crippen molar-refractivity contribution in [1.29, 1.82) is 0 Å². The molecule has 0 aromatic carbocycles. The number of aromatic nitrogens is 3. The molecule has 0 radical (unpaired) electrons. The number of alkyl halides is 2. The van der Waals surface area contributed by atoms with Crippen LogP contribution in [0.25, 0.3) is 11.5 Å². The van der Waals surface area contributed by atoms with Crippen LogP contribution in [0.15, 0.2) is 22.7 Å². The summed E-state index contributed by atoms with van der Waals surface area (Å²) < 4.78 is 35.9. The van der Waals surface area contributed by atoms with E-state index < -0.39 is 12.3 Å². The van der Waals surface area contributed by atoms with E-state index in [4.69, 9.17) is 9.15 Å². The van der Waals surface area contributed by atoms with Crippen molar-refractivity contribution in [3.8, 4) is 11.5 Å². The first-order valence-corrected chi connectivity index (χ1v) is 8.50. The first-order chi connectivity index (χ1) is 12.1. The lowest BCUT2D eigenvalue weighted by molar-refractivity contribution is -0.0222. The van der Waals surface area contributed by atoms with E-state index in [1.165, 1.54) is 12.8 Å². The third kappa shape index (κ3) is 3.41. The summed E-state index contributed by atoms with van der Waals surface area (Å²) in [7, 11) is 2.20. The van der Waals surface area contributed by atoms with Crippen molar-refractivity contribution < 1.29 is 17.9 Å². The van der Waals surface area contributed by atoms with Gasteiger partial charge in [0.1, 0.15) is 0 Å². The number of hydrogen-bond donors (Lipinski definition) is 0. The summed E-state index contributed by atoms with van der Waals surface area (Å²) in [6.07, 6.45) is 3.72. The van der Waals surface area contributed by atoms with Crippen LogP contribution in [0.5, 0.6) is 0 Å². The van der Waals surface area contributed by atoms with E-state index in [1.807, 2.05) is 0 Å². The molecule has 2 aromatic rings. The predicted octanol–water partition coefficient (Wildman–Crippen LogP) is 3.21. The van der Waals surface area contributed by atoms with Crippen LogP contribution >= 0.6 is 0 Å². The minimum atomic E-state index is -2.77. The molecule has 6 nitrogen and oxygen atoms in total.